The van der Waals surface area contributed by atoms with Gasteiger partial charge in [-0.25, -0.2) is 0 Å². The zero-order valence-electron chi connectivity index (χ0n) is 12.7. The van der Waals surface area contributed by atoms with Gasteiger partial charge in [0.05, 0.1) is 7.11 Å². The number of ether oxygens (including phenoxy) is 3. The predicted octanol–water partition coefficient (Wildman–Crippen LogP) is 1.55. The lowest BCUT2D eigenvalue weighted by Gasteiger charge is -2.30. The standard InChI is InChI=1S/C16H17NO5S/c1-20-16(19)14-9-17(6-7-23-14)15(18)5-3-11-2-4-12-13(8-11)22-10-21-12/h2-5,8,14H,6-7,9-10H2,1H3/b5-3+/t14-/m0/s1. The zero-order valence-corrected chi connectivity index (χ0v) is 13.5. The average molecular weight is 335 g/mol. The van der Waals surface area contributed by atoms with Gasteiger partial charge in [0.1, 0.15) is 5.25 Å². The summed E-state index contributed by atoms with van der Waals surface area (Å²) in [5.41, 5.74) is 0.860. The smallest absolute Gasteiger partial charge is 0.320 e. The van der Waals surface area contributed by atoms with Crippen LogP contribution in [0.25, 0.3) is 6.08 Å². The highest BCUT2D eigenvalue weighted by Gasteiger charge is 2.28. The number of fused-ring (bicyclic) bond motifs is 1. The first kappa shape index (κ1) is 15.7. The van der Waals surface area contributed by atoms with Gasteiger partial charge in [0.25, 0.3) is 0 Å². The number of thioether (sulfide) groups is 1. The Morgan fingerprint density at radius 2 is 2.17 bits per heavy atom. The molecule has 1 saturated heterocycles. The fourth-order valence-corrected chi connectivity index (χ4v) is 3.54. The van der Waals surface area contributed by atoms with Crippen LogP contribution in [0.15, 0.2) is 24.3 Å². The topological polar surface area (TPSA) is 65.1 Å². The molecule has 7 heteroatoms. The first-order valence-corrected chi connectivity index (χ1v) is 8.28. The molecule has 3 rings (SSSR count). The van der Waals surface area contributed by atoms with Crippen molar-refractivity contribution in [1.82, 2.24) is 4.90 Å². The molecule has 0 spiro atoms. The number of methoxy groups -OCH3 is 1. The van der Waals surface area contributed by atoms with Crippen LogP contribution in [0.3, 0.4) is 0 Å². The van der Waals surface area contributed by atoms with E-state index in [-0.39, 0.29) is 23.9 Å². The van der Waals surface area contributed by atoms with Crippen LogP contribution in [-0.2, 0) is 14.3 Å². The summed E-state index contributed by atoms with van der Waals surface area (Å²) in [5, 5.41) is -0.309. The molecule has 0 radical (unpaired) electrons. The number of esters is 1. The van der Waals surface area contributed by atoms with Gasteiger partial charge in [-0.3, -0.25) is 9.59 Å². The van der Waals surface area contributed by atoms with Crippen LogP contribution in [0.2, 0.25) is 0 Å². The van der Waals surface area contributed by atoms with Crippen molar-refractivity contribution in [2.45, 2.75) is 5.25 Å². The van der Waals surface area contributed by atoms with Crippen molar-refractivity contribution in [2.75, 3.05) is 32.7 Å². The fourth-order valence-electron chi connectivity index (χ4n) is 2.41. The third-order valence-corrected chi connectivity index (χ3v) is 4.82. The molecule has 2 heterocycles. The molecule has 0 unspecified atom stereocenters. The van der Waals surface area contributed by atoms with Gasteiger partial charge in [0.2, 0.25) is 12.7 Å². The Hall–Kier alpha value is -2.15. The molecule has 2 aliphatic rings. The lowest BCUT2D eigenvalue weighted by atomic mass is 10.2. The second-order valence-electron chi connectivity index (χ2n) is 5.11. The van der Waals surface area contributed by atoms with Crippen molar-refractivity contribution in [1.29, 1.82) is 0 Å². The van der Waals surface area contributed by atoms with E-state index in [4.69, 9.17) is 14.2 Å². The molecular formula is C16H17NO5S. The van der Waals surface area contributed by atoms with Crippen LogP contribution >= 0.6 is 11.8 Å². The van der Waals surface area contributed by atoms with E-state index in [1.807, 2.05) is 18.2 Å². The Kier molecular flexibility index (Phi) is 4.76. The van der Waals surface area contributed by atoms with E-state index in [0.29, 0.717) is 24.6 Å². The minimum atomic E-state index is -0.309. The normalized spacial score (nSPS) is 19.9. The van der Waals surface area contributed by atoms with Crippen molar-refractivity contribution in [2.24, 2.45) is 0 Å². The lowest BCUT2D eigenvalue weighted by molar-refractivity contribution is -0.140. The van der Waals surface area contributed by atoms with E-state index in [0.717, 1.165) is 11.3 Å². The Balaban J connectivity index is 1.63. The van der Waals surface area contributed by atoms with Crippen molar-refractivity contribution < 1.29 is 23.8 Å². The maximum absolute atomic E-state index is 12.3. The van der Waals surface area contributed by atoms with E-state index in [1.54, 1.807) is 11.0 Å². The maximum atomic E-state index is 12.3. The third kappa shape index (κ3) is 3.61. The molecule has 1 aromatic carbocycles. The van der Waals surface area contributed by atoms with Gasteiger partial charge in [-0.2, -0.15) is 0 Å². The quantitative estimate of drug-likeness (QED) is 0.617. The summed E-state index contributed by atoms with van der Waals surface area (Å²) in [6, 6.07) is 5.51. The molecule has 1 fully saturated rings. The average Bonchev–Trinajstić information content (AvgIpc) is 3.06. The second-order valence-corrected chi connectivity index (χ2v) is 6.42. The minimum absolute atomic E-state index is 0.114. The predicted molar refractivity (Wildman–Crippen MR) is 86.4 cm³/mol. The van der Waals surface area contributed by atoms with Gasteiger partial charge < -0.3 is 19.1 Å². The van der Waals surface area contributed by atoms with Gasteiger partial charge in [-0.1, -0.05) is 6.07 Å². The molecule has 0 N–H and O–H groups in total. The molecule has 2 aliphatic heterocycles. The third-order valence-electron chi connectivity index (χ3n) is 3.66. The number of amides is 1. The SMILES string of the molecule is COC(=O)[C@@H]1CN(C(=O)/C=C/c2ccc3c(c2)OCO3)CCS1. The van der Waals surface area contributed by atoms with Crippen molar-refractivity contribution in [3.8, 4) is 11.5 Å². The molecule has 23 heavy (non-hydrogen) atoms. The highest BCUT2D eigenvalue weighted by atomic mass is 32.2. The number of carbonyl (C=O) groups is 2. The first-order chi connectivity index (χ1) is 11.2. The highest BCUT2D eigenvalue weighted by molar-refractivity contribution is 8.00. The summed E-state index contributed by atoms with van der Waals surface area (Å²) in [5.74, 6) is 1.72. The monoisotopic (exact) mass is 335 g/mol. The molecule has 1 amide bonds. The Labute approximate surface area is 138 Å². The van der Waals surface area contributed by atoms with E-state index < -0.39 is 0 Å². The molecule has 1 aromatic rings. The largest absolute Gasteiger partial charge is 0.468 e. The van der Waals surface area contributed by atoms with Gasteiger partial charge in [0, 0.05) is 24.9 Å². The number of benzene rings is 1. The van der Waals surface area contributed by atoms with Gasteiger partial charge in [-0.05, 0) is 23.8 Å². The zero-order chi connectivity index (χ0) is 16.2. The summed E-state index contributed by atoms with van der Waals surface area (Å²) in [6.45, 7) is 1.23. The van der Waals surface area contributed by atoms with Gasteiger partial charge >= 0.3 is 5.97 Å². The van der Waals surface area contributed by atoms with Gasteiger partial charge in [0.15, 0.2) is 11.5 Å². The lowest BCUT2D eigenvalue weighted by Crippen LogP contribution is -2.44. The van der Waals surface area contributed by atoms with Crippen molar-refractivity contribution >= 4 is 29.7 Å². The van der Waals surface area contributed by atoms with E-state index in [2.05, 4.69) is 0 Å². The molecular weight excluding hydrogens is 318 g/mol. The van der Waals surface area contributed by atoms with Crippen LogP contribution in [-0.4, -0.2) is 54.8 Å². The Morgan fingerprint density at radius 3 is 3.00 bits per heavy atom. The molecule has 0 aliphatic carbocycles. The van der Waals surface area contributed by atoms with E-state index in [9.17, 15) is 9.59 Å². The molecule has 1 atom stereocenters. The summed E-state index contributed by atoms with van der Waals surface area (Å²) in [4.78, 5) is 25.5. The van der Waals surface area contributed by atoms with Crippen LogP contribution in [0.1, 0.15) is 5.56 Å². The molecule has 6 nitrogen and oxygen atoms in total. The van der Waals surface area contributed by atoms with E-state index in [1.165, 1.54) is 24.9 Å². The van der Waals surface area contributed by atoms with Crippen molar-refractivity contribution in [3.05, 3.63) is 29.8 Å². The van der Waals surface area contributed by atoms with E-state index >= 15 is 0 Å². The van der Waals surface area contributed by atoms with Crippen LogP contribution in [0.4, 0.5) is 0 Å². The summed E-state index contributed by atoms with van der Waals surface area (Å²) in [6.07, 6.45) is 3.25. The van der Waals surface area contributed by atoms with Gasteiger partial charge in [-0.15, -0.1) is 11.8 Å². The number of carbonyl (C=O) groups excluding carboxylic acids is 2. The molecule has 0 saturated carbocycles. The van der Waals surface area contributed by atoms with Crippen molar-refractivity contribution in [3.63, 3.8) is 0 Å². The summed E-state index contributed by atoms with van der Waals surface area (Å²) < 4.78 is 15.3. The number of rotatable bonds is 3. The summed E-state index contributed by atoms with van der Waals surface area (Å²) >= 11 is 1.52. The number of hydrogen-bond acceptors (Lipinski definition) is 6. The number of hydrogen-bond donors (Lipinski definition) is 0. The minimum Gasteiger partial charge on any atom is -0.468 e. The Bertz CT molecular complexity index is 645. The number of nitrogens with zero attached hydrogens (tertiary/aromatic N) is 1. The highest BCUT2D eigenvalue weighted by Crippen LogP contribution is 2.32. The van der Waals surface area contributed by atoms with Crippen LogP contribution in [0.5, 0.6) is 11.5 Å². The summed E-state index contributed by atoms with van der Waals surface area (Å²) in [7, 11) is 1.36. The maximum Gasteiger partial charge on any atom is 0.320 e. The molecule has 0 bridgehead atoms. The fraction of sp³-hybridized carbons (Fsp3) is 0.375. The molecule has 0 aromatic heterocycles. The molecule has 122 valence electrons. The second kappa shape index (κ2) is 6.95. The first-order valence-electron chi connectivity index (χ1n) is 7.23. The van der Waals surface area contributed by atoms with Crippen LogP contribution in [0, 0.1) is 0 Å². The Morgan fingerprint density at radius 1 is 1.35 bits per heavy atom. The van der Waals surface area contributed by atoms with Crippen LogP contribution < -0.4 is 9.47 Å².